The molecule has 53 heavy (non-hydrogen) atoms. The van der Waals surface area contributed by atoms with Gasteiger partial charge in [0.05, 0.1) is 47.2 Å². The smallest absolute Gasteiger partial charge is 0.230 e. The van der Waals surface area contributed by atoms with Crippen molar-refractivity contribution in [2.45, 2.75) is 33.1 Å². The van der Waals surface area contributed by atoms with Crippen molar-refractivity contribution in [2.24, 2.45) is 23.7 Å². The molecule has 0 bridgehead atoms. The Balaban J connectivity index is 0.000000164. The molecule has 2 aliphatic rings. The number of rotatable bonds is 7. The lowest BCUT2D eigenvalue weighted by molar-refractivity contribution is -0.118. The van der Waals surface area contributed by atoms with Gasteiger partial charge >= 0.3 is 0 Å². The first-order valence-electron chi connectivity index (χ1n) is 17.0. The Kier molecular flexibility index (Phi) is 9.27. The minimum absolute atomic E-state index is 0.170. The van der Waals surface area contributed by atoms with E-state index in [4.69, 9.17) is 22.0 Å². The molecule has 2 saturated carbocycles. The number of nitrogen functional groups attached to an aromatic ring is 2. The molecule has 2 amide bonds. The van der Waals surface area contributed by atoms with Crippen molar-refractivity contribution >= 4 is 56.6 Å². The number of carbonyl (C=O) groups is 2. The summed E-state index contributed by atoms with van der Waals surface area (Å²) < 4.78 is 0. The quantitative estimate of drug-likeness (QED) is 0.159. The number of amides is 2. The van der Waals surface area contributed by atoms with Crippen LogP contribution in [0.2, 0.25) is 0 Å². The van der Waals surface area contributed by atoms with Gasteiger partial charge in [0.2, 0.25) is 11.8 Å². The van der Waals surface area contributed by atoms with Crippen LogP contribution in [0, 0.1) is 53.3 Å². The molecule has 262 valence electrons. The Hall–Kier alpha value is -7.06. The van der Waals surface area contributed by atoms with Gasteiger partial charge in [-0.25, -0.2) is 19.9 Å². The van der Waals surface area contributed by atoms with E-state index in [-0.39, 0.29) is 35.5 Å². The van der Waals surface area contributed by atoms with E-state index in [1.807, 2.05) is 31.2 Å². The molecule has 6 heterocycles. The number of aryl methyl sites for hydroxylation is 2. The summed E-state index contributed by atoms with van der Waals surface area (Å²) in [5.74, 6) is 0.431. The molecule has 2 aliphatic carbocycles. The van der Waals surface area contributed by atoms with Crippen LogP contribution < -0.4 is 22.1 Å². The molecule has 14 heteroatoms. The summed E-state index contributed by atoms with van der Waals surface area (Å²) in [7, 11) is 0. The van der Waals surface area contributed by atoms with Crippen LogP contribution in [-0.2, 0) is 16.0 Å². The number of anilines is 4. The molecule has 0 saturated heterocycles. The minimum atomic E-state index is -0.243. The number of hydrogen-bond donors (Lipinski definition) is 4. The summed E-state index contributed by atoms with van der Waals surface area (Å²) >= 11 is 0. The van der Waals surface area contributed by atoms with Crippen molar-refractivity contribution < 1.29 is 9.59 Å². The van der Waals surface area contributed by atoms with Crippen LogP contribution in [0.4, 0.5) is 23.3 Å². The fraction of sp³-hybridized carbons (Fsp3) is 0.231. The van der Waals surface area contributed by atoms with Gasteiger partial charge in [0.1, 0.15) is 23.3 Å². The minimum Gasteiger partial charge on any atom is -0.383 e. The molecular formula is C39H34N12O2. The van der Waals surface area contributed by atoms with Crippen LogP contribution in [0.5, 0.6) is 0 Å². The third kappa shape index (κ3) is 7.25. The SMILES string of the molecule is CCc1ccncc1-c1cc2cc(NC(=O)[C@@H]3C[C@@H]3C#N)ncc2c(N)n1.Cc1ccncc1-c1cc2cc(NC(=O)[C@@H]3C[C@H]3C#N)ncc2c(N)n1. The van der Waals surface area contributed by atoms with Crippen molar-refractivity contribution in [1.29, 1.82) is 10.5 Å². The number of fused-ring (bicyclic) bond motifs is 2. The first kappa shape index (κ1) is 34.4. The number of pyridine rings is 6. The zero-order chi connectivity index (χ0) is 37.2. The molecule has 6 N–H and O–H groups in total. The number of hydrogen-bond acceptors (Lipinski definition) is 12. The van der Waals surface area contributed by atoms with Gasteiger partial charge in [-0.1, -0.05) is 6.92 Å². The van der Waals surface area contributed by atoms with E-state index >= 15 is 0 Å². The van der Waals surface area contributed by atoms with Gasteiger partial charge in [0.25, 0.3) is 0 Å². The van der Waals surface area contributed by atoms with Crippen molar-refractivity contribution in [3.05, 3.63) is 84.7 Å². The molecular weight excluding hydrogens is 669 g/mol. The third-order valence-corrected chi connectivity index (χ3v) is 9.46. The standard InChI is InChI=1S/C20H18N6O.C19H16N6O/c1-2-11-3-4-23-9-15(11)17-6-12-7-18(24-10-16(12)19(22)25-17)26-20(27)14-5-13(14)8-21;1-10-2-3-22-8-14(10)16-5-11-6-17(23-9-15(11)18(21)24-16)25-19(26)13-4-12(13)7-20/h3-4,6-7,9-10,13-14H,2,5H2,1H3,(H2,22,25)(H,24,26,27);2-3,5-6,8-9,12-13H,4H2,1H3,(H2,21,24)(H,23,25,26)/t13-,14-;12-,13+/m10/s1. The topological polar surface area (TPSA) is 235 Å². The molecule has 6 aromatic heterocycles. The predicted molar refractivity (Wildman–Crippen MR) is 200 cm³/mol. The maximum atomic E-state index is 12.2. The number of nitrogens with one attached hydrogen (secondary N) is 2. The van der Waals surface area contributed by atoms with Gasteiger partial charge in [-0.2, -0.15) is 10.5 Å². The Labute approximate surface area is 304 Å². The van der Waals surface area contributed by atoms with Crippen molar-refractivity contribution in [3.63, 3.8) is 0 Å². The number of nitriles is 2. The average Bonchev–Trinajstić information content (AvgIpc) is 4.10. The highest BCUT2D eigenvalue weighted by Crippen LogP contribution is 2.39. The van der Waals surface area contributed by atoms with Crippen LogP contribution in [0.1, 0.15) is 30.9 Å². The zero-order valence-corrected chi connectivity index (χ0v) is 28.9. The third-order valence-electron chi connectivity index (χ3n) is 9.46. The number of aromatic nitrogens is 6. The van der Waals surface area contributed by atoms with E-state index in [1.165, 1.54) is 0 Å². The molecule has 0 unspecified atom stereocenters. The fourth-order valence-corrected chi connectivity index (χ4v) is 6.15. The normalized spacial score (nSPS) is 18.2. The van der Waals surface area contributed by atoms with Crippen molar-refractivity contribution in [2.75, 3.05) is 22.1 Å². The summed E-state index contributed by atoms with van der Waals surface area (Å²) in [5.41, 5.74) is 17.7. The van der Waals surface area contributed by atoms with Gasteiger partial charge in [-0.05, 0) is 84.5 Å². The Morgan fingerprint density at radius 2 is 1.25 bits per heavy atom. The van der Waals surface area contributed by atoms with E-state index in [1.54, 1.807) is 49.3 Å². The van der Waals surface area contributed by atoms with Crippen LogP contribution in [0.25, 0.3) is 44.1 Å². The summed E-state index contributed by atoms with van der Waals surface area (Å²) in [4.78, 5) is 50.1. The molecule has 6 aromatic rings. The van der Waals surface area contributed by atoms with Crippen LogP contribution in [0.15, 0.2) is 73.6 Å². The van der Waals surface area contributed by atoms with Crippen LogP contribution >= 0.6 is 0 Å². The van der Waals surface area contributed by atoms with Gasteiger partial charge < -0.3 is 22.1 Å². The molecule has 4 atom stereocenters. The number of carbonyl (C=O) groups excluding carboxylic acids is 2. The van der Waals surface area contributed by atoms with E-state index in [2.05, 4.69) is 59.6 Å². The summed E-state index contributed by atoms with van der Waals surface area (Å²) in [6.07, 6.45) is 12.3. The summed E-state index contributed by atoms with van der Waals surface area (Å²) in [6, 6.07) is 15.5. The summed E-state index contributed by atoms with van der Waals surface area (Å²) in [5, 5.41) is 26.4. The second kappa shape index (κ2) is 14.3. The second-order valence-corrected chi connectivity index (χ2v) is 13.1. The first-order valence-corrected chi connectivity index (χ1v) is 17.0. The van der Waals surface area contributed by atoms with Gasteiger partial charge in [0, 0.05) is 59.1 Å². The van der Waals surface area contributed by atoms with E-state index in [9.17, 15) is 9.59 Å². The van der Waals surface area contributed by atoms with E-state index in [0.29, 0.717) is 36.1 Å². The molecule has 0 spiro atoms. The average molecular weight is 703 g/mol. The Morgan fingerprint density at radius 3 is 1.72 bits per heavy atom. The monoisotopic (exact) mass is 702 g/mol. The van der Waals surface area contributed by atoms with Crippen LogP contribution in [-0.4, -0.2) is 41.7 Å². The molecule has 0 radical (unpaired) electrons. The van der Waals surface area contributed by atoms with E-state index < -0.39 is 0 Å². The van der Waals surface area contributed by atoms with Gasteiger partial charge in [-0.15, -0.1) is 0 Å². The number of nitrogens with zero attached hydrogens (tertiary/aromatic N) is 8. The second-order valence-electron chi connectivity index (χ2n) is 13.1. The highest BCUT2D eigenvalue weighted by Gasteiger charge is 2.44. The molecule has 8 rings (SSSR count). The van der Waals surface area contributed by atoms with Crippen molar-refractivity contribution in [3.8, 4) is 34.7 Å². The van der Waals surface area contributed by atoms with Crippen LogP contribution in [0.3, 0.4) is 0 Å². The Bertz CT molecular complexity index is 2510. The molecule has 14 nitrogen and oxygen atoms in total. The first-order chi connectivity index (χ1) is 25.7. The maximum absolute atomic E-state index is 12.2. The van der Waals surface area contributed by atoms with Crippen molar-refractivity contribution in [1.82, 2.24) is 29.9 Å². The lowest BCUT2D eigenvalue weighted by Gasteiger charge is -2.10. The molecule has 0 aliphatic heterocycles. The highest BCUT2D eigenvalue weighted by atomic mass is 16.2. The van der Waals surface area contributed by atoms with Gasteiger partial charge in [0.15, 0.2) is 0 Å². The Morgan fingerprint density at radius 1 is 0.755 bits per heavy atom. The largest absolute Gasteiger partial charge is 0.383 e. The number of nitrogens with two attached hydrogens (primary N) is 2. The molecule has 2 fully saturated rings. The molecule has 0 aromatic carbocycles. The maximum Gasteiger partial charge on any atom is 0.230 e. The highest BCUT2D eigenvalue weighted by molar-refractivity contribution is 6.00. The predicted octanol–water partition coefficient (Wildman–Crippen LogP) is 5.62. The van der Waals surface area contributed by atoms with Gasteiger partial charge in [-0.3, -0.25) is 19.6 Å². The fourth-order valence-electron chi connectivity index (χ4n) is 6.15. The zero-order valence-electron chi connectivity index (χ0n) is 28.9. The summed E-state index contributed by atoms with van der Waals surface area (Å²) in [6.45, 7) is 4.06. The lowest BCUT2D eigenvalue weighted by atomic mass is 10.0. The lowest BCUT2D eigenvalue weighted by Crippen LogP contribution is -2.15. The van der Waals surface area contributed by atoms with E-state index in [0.717, 1.165) is 61.6 Å².